The first-order chi connectivity index (χ1) is 26.0. The van der Waals surface area contributed by atoms with Crippen molar-refractivity contribution >= 4 is 53.2 Å². The first kappa shape index (κ1) is 51.1. The molecule has 22 heteroatoms. The lowest BCUT2D eigenvalue weighted by molar-refractivity contribution is -0.142. The number of aliphatic hydroxyl groups is 2. The van der Waals surface area contributed by atoms with Crippen LogP contribution in [0.2, 0.25) is 0 Å². The molecule has 0 bridgehead atoms. The van der Waals surface area contributed by atoms with Gasteiger partial charge in [0.2, 0.25) is 47.3 Å². The van der Waals surface area contributed by atoms with E-state index < -0.39 is 127 Å². The van der Waals surface area contributed by atoms with E-state index in [1.54, 1.807) is 13.8 Å². The highest BCUT2D eigenvalue weighted by Gasteiger charge is 2.31. The Labute approximate surface area is 326 Å². The molecule has 0 aliphatic carbocycles. The summed E-state index contributed by atoms with van der Waals surface area (Å²) in [7, 11) is 0. The highest BCUT2D eigenvalue weighted by Crippen LogP contribution is 2.09. The number of hydrogen-bond acceptors (Lipinski definition) is 13. The highest BCUT2D eigenvalue weighted by molar-refractivity contribution is 5.96. The highest BCUT2D eigenvalue weighted by atomic mass is 16.4. The summed E-state index contributed by atoms with van der Waals surface area (Å²) in [6.07, 6.45) is 0.143. The smallest absolute Gasteiger partial charge is 0.328 e. The number of carbonyl (C=O) groups excluding carboxylic acids is 8. The van der Waals surface area contributed by atoms with Crippen molar-refractivity contribution in [3.63, 3.8) is 0 Å². The van der Waals surface area contributed by atoms with Gasteiger partial charge in [-0.2, -0.15) is 0 Å². The summed E-state index contributed by atoms with van der Waals surface area (Å²) >= 11 is 0. The SMILES string of the molecule is CC(C)C[C@H](NC(=O)[C@@H](N)[C@@H](C)O)C(=O)N[C@@H](CCCCN)C(=O)NCC(=O)N[C@H](C(=O)N[C@@H](C)C(=O)N[C@@H](C)C(=O)NCC(=O)N[C@@H](CO)C(=O)O)C(C)C. The maximum Gasteiger partial charge on any atom is 0.328 e. The van der Waals surface area contributed by atoms with Crippen LogP contribution in [0.25, 0.3) is 0 Å². The van der Waals surface area contributed by atoms with E-state index in [1.807, 2.05) is 19.2 Å². The Hall–Kier alpha value is -4.93. The lowest BCUT2D eigenvalue weighted by Gasteiger charge is -2.26. The van der Waals surface area contributed by atoms with Gasteiger partial charge in [0.05, 0.1) is 25.8 Å². The minimum atomic E-state index is -1.57. The minimum Gasteiger partial charge on any atom is -0.480 e. The van der Waals surface area contributed by atoms with Gasteiger partial charge in [-0.25, -0.2) is 4.79 Å². The van der Waals surface area contributed by atoms with Gasteiger partial charge in [0.1, 0.15) is 42.3 Å². The van der Waals surface area contributed by atoms with Crippen LogP contribution < -0.4 is 54.0 Å². The zero-order chi connectivity index (χ0) is 43.3. The third-order valence-corrected chi connectivity index (χ3v) is 8.17. The molecular weight excluding hydrogens is 740 g/mol. The average Bonchev–Trinajstić information content (AvgIpc) is 3.11. The zero-order valence-electron chi connectivity index (χ0n) is 33.1. The molecule has 0 saturated carbocycles. The van der Waals surface area contributed by atoms with Crippen molar-refractivity contribution < 1.29 is 58.5 Å². The van der Waals surface area contributed by atoms with Crippen LogP contribution in [0.15, 0.2) is 0 Å². The number of nitrogens with two attached hydrogens (primary N) is 2. The molecule has 15 N–H and O–H groups in total. The van der Waals surface area contributed by atoms with Gasteiger partial charge in [-0.3, -0.25) is 38.4 Å². The van der Waals surface area contributed by atoms with Gasteiger partial charge in [0, 0.05) is 0 Å². The molecule has 0 saturated heterocycles. The predicted molar refractivity (Wildman–Crippen MR) is 201 cm³/mol. The molecule has 0 fully saturated rings. The van der Waals surface area contributed by atoms with E-state index in [9.17, 15) is 48.3 Å². The molecule has 8 atom stereocenters. The van der Waals surface area contributed by atoms with E-state index in [0.717, 1.165) is 0 Å². The maximum absolute atomic E-state index is 13.3. The minimum absolute atomic E-state index is 0.0525. The van der Waals surface area contributed by atoms with E-state index >= 15 is 0 Å². The van der Waals surface area contributed by atoms with Crippen molar-refractivity contribution in [2.75, 3.05) is 26.2 Å². The summed E-state index contributed by atoms with van der Waals surface area (Å²) in [4.78, 5) is 113. The molecule has 56 heavy (non-hydrogen) atoms. The van der Waals surface area contributed by atoms with Crippen LogP contribution in [0.3, 0.4) is 0 Å². The number of aliphatic hydroxyl groups excluding tert-OH is 2. The van der Waals surface area contributed by atoms with Crippen LogP contribution in [0, 0.1) is 11.8 Å². The Morgan fingerprint density at radius 2 is 1.11 bits per heavy atom. The molecule has 0 aromatic carbocycles. The molecule has 0 aliphatic heterocycles. The number of aliphatic carboxylic acids is 1. The van der Waals surface area contributed by atoms with Crippen LogP contribution in [0.1, 0.15) is 74.1 Å². The average molecular weight is 803 g/mol. The number of hydrogen-bond donors (Lipinski definition) is 13. The molecular formula is C34H62N10O12. The number of carboxylic acid groups (broad SMARTS) is 1. The van der Waals surface area contributed by atoms with Crippen molar-refractivity contribution in [3.05, 3.63) is 0 Å². The van der Waals surface area contributed by atoms with Crippen LogP contribution in [0.4, 0.5) is 0 Å². The van der Waals surface area contributed by atoms with Gasteiger partial charge < -0.3 is 69.3 Å². The van der Waals surface area contributed by atoms with Crippen molar-refractivity contribution in [2.24, 2.45) is 23.3 Å². The fraction of sp³-hybridized carbons (Fsp3) is 0.735. The molecule has 22 nitrogen and oxygen atoms in total. The summed E-state index contributed by atoms with van der Waals surface area (Å²) in [6, 6.07) is -8.63. The number of amides is 8. The Kier molecular flexibility index (Phi) is 23.7. The molecule has 0 heterocycles. The van der Waals surface area contributed by atoms with Crippen molar-refractivity contribution in [1.82, 2.24) is 42.5 Å². The Balaban J connectivity index is 5.39. The number of unbranched alkanes of at least 4 members (excludes halogenated alkanes) is 1. The number of carboxylic acids is 1. The van der Waals surface area contributed by atoms with E-state index in [0.29, 0.717) is 19.4 Å². The van der Waals surface area contributed by atoms with Crippen LogP contribution in [0.5, 0.6) is 0 Å². The van der Waals surface area contributed by atoms with E-state index in [1.165, 1.54) is 20.8 Å². The van der Waals surface area contributed by atoms with Gasteiger partial charge in [-0.15, -0.1) is 0 Å². The molecule has 0 unspecified atom stereocenters. The van der Waals surface area contributed by atoms with Crippen molar-refractivity contribution in [2.45, 2.75) is 123 Å². The van der Waals surface area contributed by atoms with Crippen molar-refractivity contribution in [1.29, 1.82) is 0 Å². The largest absolute Gasteiger partial charge is 0.480 e. The van der Waals surface area contributed by atoms with Crippen LogP contribution in [-0.2, 0) is 43.2 Å². The summed E-state index contributed by atoms with van der Waals surface area (Å²) < 4.78 is 0. The monoisotopic (exact) mass is 802 g/mol. The standard InChI is InChI=1S/C34H62N10O12/c1-16(2)12-22(43-32(53)26(36)20(7)46)31(52)42-21(10-8-9-11-35)30(51)38-14-25(48)44-27(17(3)4)33(54)40-19(6)29(50)39-18(5)28(49)37-13-24(47)41-23(15-45)34(55)56/h16-23,26-27,45-46H,8-15,35-36H2,1-7H3,(H,37,49)(H,38,51)(H,39,50)(H,40,54)(H,41,47)(H,42,52)(H,43,53)(H,44,48)(H,55,56)/t18-,19-,20+,21-,22-,23-,26-,27-/m0/s1. The lowest BCUT2D eigenvalue weighted by atomic mass is 10.0. The van der Waals surface area contributed by atoms with Crippen LogP contribution >= 0.6 is 0 Å². The summed E-state index contributed by atoms with van der Waals surface area (Å²) in [5.41, 5.74) is 11.3. The lowest BCUT2D eigenvalue weighted by Crippen LogP contribution is -2.58. The maximum atomic E-state index is 13.3. The molecule has 0 radical (unpaired) electrons. The summed E-state index contributed by atoms with van der Waals surface area (Å²) in [6.45, 7) is 9.06. The number of nitrogens with one attached hydrogen (secondary N) is 8. The molecule has 8 amide bonds. The van der Waals surface area contributed by atoms with Gasteiger partial charge >= 0.3 is 5.97 Å². The molecule has 320 valence electrons. The van der Waals surface area contributed by atoms with Gasteiger partial charge in [0.15, 0.2) is 0 Å². The van der Waals surface area contributed by atoms with E-state index in [2.05, 4.69) is 37.2 Å². The van der Waals surface area contributed by atoms with Gasteiger partial charge in [-0.1, -0.05) is 27.7 Å². The Morgan fingerprint density at radius 3 is 1.61 bits per heavy atom. The second-order valence-corrected chi connectivity index (χ2v) is 14.1. The fourth-order valence-electron chi connectivity index (χ4n) is 4.80. The normalized spacial score (nSPS) is 15.4. The first-order valence-electron chi connectivity index (χ1n) is 18.4. The molecule has 0 aromatic heterocycles. The third-order valence-electron chi connectivity index (χ3n) is 8.17. The number of carbonyl (C=O) groups is 9. The third kappa shape index (κ3) is 19.6. The van der Waals surface area contributed by atoms with Gasteiger partial charge in [0.25, 0.3) is 0 Å². The fourth-order valence-corrected chi connectivity index (χ4v) is 4.80. The quantitative estimate of drug-likeness (QED) is 0.0364. The molecule has 0 aliphatic rings. The predicted octanol–water partition coefficient (Wildman–Crippen LogP) is -5.22. The molecule has 0 aromatic rings. The second kappa shape index (κ2) is 26.0. The van der Waals surface area contributed by atoms with E-state index in [4.69, 9.17) is 21.7 Å². The molecule has 0 rings (SSSR count). The van der Waals surface area contributed by atoms with E-state index in [-0.39, 0.29) is 18.8 Å². The van der Waals surface area contributed by atoms with Crippen molar-refractivity contribution in [3.8, 4) is 0 Å². The summed E-state index contributed by atoms with van der Waals surface area (Å²) in [5, 5.41) is 46.7. The second-order valence-electron chi connectivity index (χ2n) is 14.1. The number of rotatable bonds is 26. The van der Waals surface area contributed by atoms with Crippen LogP contribution in [-0.4, -0.2) is 143 Å². The summed E-state index contributed by atoms with van der Waals surface area (Å²) in [5.74, 6) is -8.19. The zero-order valence-corrected chi connectivity index (χ0v) is 33.1. The Bertz CT molecular complexity index is 1360. The first-order valence-corrected chi connectivity index (χ1v) is 18.4. The Morgan fingerprint density at radius 1 is 0.589 bits per heavy atom. The topological polar surface area (TPSA) is 363 Å². The molecule has 0 spiro atoms. The van der Waals surface area contributed by atoms with Gasteiger partial charge in [-0.05, 0) is 64.8 Å².